The highest BCUT2D eigenvalue weighted by Crippen LogP contribution is 2.31. The first-order valence-electron chi connectivity index (χ1n) is 6.18. The van der Waals surface area contributed by atoms with Crippen LogP contribution in [0.2, 0.25) is 0 Å². The van der Waals surface area contributed by atoms with Gasteiger partial charge in [0.1, 0.15) is 5.82 Å². The van der Waals surface area contributed by atoms with Crippen molar-refractivity contribution >= 4 is 11.6 Å². The van der Waals surface area contributed by atoms with Crippen molar-refractivity contribution in [3.8, 4) is 0 Å². The summed E-state index contributed by atoms with van der Waals surface area (Å²) in [4.78, 5) is 18.1. The van der Waals surface area contributed by atoms with Crippen LogP contribution in [0.3, 0.4) is 0 Å². The van der Waals surface area contributed by atoms with Gasteiger partial charge in [-0.05, 0) is 37.1 Å². The number of benzene rings is 1. The van der Waals surface area contributed by atoms with Crippen LogP contribution in [-0.2, 0) is 6.42 Å². The van der Waals surface area contributed by atoms with Gasteiger partial charge < -0.3 is 4.90 Å². The SMILES string of the molecule is Cc1ccncc1C(=O)N1CCc2c(F)cccc21. The number of halogens is 1. The van der Waals surface area contributed by atoms with Crippen molar-refractivity contribution < 1.29 is 9.18 Å². The van der Waals surface area contributed by atoms with Gasteiger partial charge in [-0.25, -0.2) is 4.39 Å². The number of pyridine rings is 1. The molecule has 0 N–H and O–H groups in total. The van der Waals surface area contributed by atoms with Crippen molar-refractivity contribution in [2.75, 3.05) is 11.4 Å². The maximum Gasteiger partial charge on any atom is 0.260 e. The summed E-state index contributed by atoms with van der Waals surface area (Å²) in [7, 11) is 0. The van der Waals surface area contributed by atoms with Crippen molar-refractivity contribution in [1.29, 1.82) is 0 Å². The monoisotopic (exact) mass is 256 g/mol. The number of carbonyl (C=O) groups excluding carboxylic acids is 1. The summed E-state index contributed by atoms with van der Waals surface area (Å²) in [6.07, 6.45) is 3.78. The Morgan fingerprint density at radius 3 is 3.00 bits per heavy atom. The average molecular weight is 256 g/mol. The van der Waals surface area contributed by atoms with Crippen LogP contribution in [0.15, 0.2) is 36.7 Å². The minimum atomic E-state index is -0.240. The van der Waals surface area contributed by atoms with Crippen LogP contribution >= 0.6 is 0 Å². The maximum atomic E-state index is 13.7. The quantitative estimate of drug-likeness (QED) is 0.786. The van der Waals surface area contributed by atoms with Gasteiger partial charge in [0.2, 0.25) is 0 Å². The lowest BCUT2D eigenvalue weighted by Gasteiger charge is -2.18. The maximum absolute atomic E-state index is 13.7. The topological polar surface area (TPSA) is 33.2 Å². The first-order chi connectivity index (χ1) is 9.18. The van der Waals surface area contributed by atoms with Gasteiger partial charge in [-0.2, -0.15) is 0 Å². The molecule has 2 aromatic rings. The van der Waals surface area contributed by atoms with Crippen LogP contribution in [0, 0.1) is 12.7 Å². The third-order valence-electron chi connectivity index (χ3n) is 3.48. The van der Waals surface area contributed by atoms with Gasteiger partial charge in [-0.3, -0.25) is 9.78 Å². The van der Waals surface area contributed by atoms with E-state index in [2.05, 4.69) is 4.98 Å². The third-order valence-corrected chi connectivity index (χ3v) is 3.48. The lowest BCUT2D eigenvalue weighted by molar-refractivity contribution is 0.0988. The number of hydrogen-bond donors (Lipinski definition) is 0. The number of rotatable bonds is 1. The molecular formula is C15H13FN2O. The highest BCUT2D eigenvalue weighted by molar-refractivity contribution is 6.07. The molecule has 3 nitrogen and oxygen atoms in total. The number of aromatic nitrogens is 1. The highest BCUT2D eigenvalue weighted by Gasteiger charge is 2.28. The number of anilines is 1. The van der Waals surface area contributed by atoms with Crippen molar-refractivity contribution in [3.63, 3.8) is 0 Å². The van der Waals surface area contributed by atoms with E-state index in [9.17, 15) is 9.18 Å². The number of amides is 1. The summed E-state index contributed by atoms with van der Waals surface area (Å²) in [6, 6.07) is 6.66. The molecule has 1 aliphatic heterocycles. The summed E-state index contributed by atoms with van der Waals surface area (Å²) in [6.45, 7) is 2.39. The summed E-state index contributed by atoms with van der Waals surface area (Å²) in [5.41, 5.74) is 2.75. The fraction of sp³-hybridized carbons (Fsp3) is 0.200. The molecule has 0 bridgehead atoms. The average Bonchev–Trinajstić information content (AvgIpc) is 2.84. The first-order valence-corrected chi connectivity index (χ1v) is 6.18. The van der Waals surface area contributed by atoms with E-state index < -0.39 is 0 Å². The van der Waals surface area contributed by atoms with Gasteiger partial charge >= 0.3 is 0 Å². The van der Waals surface area contributed by atoms with E-state index >= 15 is 0 Å². The zero-order valence-electron chi connectivity index (χ0n) is 10.6. The summed E-state index contributed by atoms with van der Waals surface area (Å²) in [5, 5.41) is 0. The van der Waals surface area contributed by atoms with Gasteiger partial charge in [0.25, 0.3) is 5.91 Å². The Balaban J connectivity index is 2.01. The molecule has 0 atom stereocenters. The van der Waals surface area contributed by atoms with Crippen molar-refractivity contribution in [2.24, 2.45) is 0 Å². The van der Waals surface area contributed by atoms with E-state index in [0.29, 0.717) is 29.8 Å². The Kier molecular flexibility index (Phi) is 2.78. The predicted octanol–water partition coefficient (Wildman–Crippen LogP) is 2.73. The van der Waals surface area contributed by atoms with Crippen molar-refractivity contribution in [3.05, 3.63) is 59.2 Å². The minimum Gasteiger partial charge on any atom is -0.308 e. The minimum absolute atomic E-state index is 0.116. The number of carbonyl (C=O) groups is 1. The molecule has 4 heteroatoms. The molecule has 0 radical (unpaired) electrons. The van der Waals surface area contributed by atoms with E-state index in [1.165, 1.54) is 6.07 Å². The Bertz CT molecular complexity index is 654. The fourth-order valence-electron chi connectivity index (χ4n) is 2.44. The predicted molar refractivity (Wildman–Crippen MR) is 70.8 cm³/mol. The Morgan fingerprint density at radius 1 is 1.37 bits per heavy atom. The molecular weight excluding hydrogens is 243 g/mol. The number of hydrogen-bond acceptors (Lipinski definition) is 2. The zero-order chi connectivity index (χ0) is 13.4. The molecule has 1 amide bonds. The van der Waals surface area contributed by atoms with Crippen LogP contribution < -0.4 is 4.90 Å². The van der Waals surface area contributed by atoms with Crippen molar-refractivity contribution in [2.45, 2.75) is 13.3 Å². The van der Waals surface area contributed by atoms with Gasteiger partial charge in [0, 0.05) is 24.5 Å². The van der Waals surface area contributed by atoms with E-state index in [1.807, 2.05) is 6.92 Å². The Labute approximate surface area is 110 Å². The molecule has 3 rings (SSSR count). The van der Waals surface area contributed by atoms with E-state index in [-0.39, 0.29) is 11.7 Å². The highest BCUT2D eigenvalue weighted by atomic mass is 19.1. The molecule has 2 heterocycles. The van der Waals surface area contributed by atoms with Crippen LogP contribution in [0.1, 0.15) is 21.5 Å². The largest absolute Gasteiger partial charge is 0.308 e. The molecule has 1 aromatic carbocycles. The molecule has 0 saturated heterocycles. The second kappa shape index (κ2) is 4.46. The van der Waals surface area contributed by atoms with Crippen LogP contribution in [-0.4, -0.2) is 17.4 Å². The van der Waals surface area contributed by atoms with Gasteiger partial charge in [-0.15, -0.1) is 0 Å². The van der Waals surface area contributed by atoms with Gasteiger partial charge in [-0.1, -0.05) is 6.07 Å². The first kappa shape index (κ1) is 11.8. The normalized spacial score (nSPS) is 13.5. The zero-order valence-corrected chi connectivity index (χ0v) is 10.6. The molecule has 1 aromatic heterocycles. The van der Waals surface area contributed by atoms with E-state index in [0.717, 1.165) is 5.56 Å². The van der Waals surface area contributed by atoms with Crippen molar-refractivity contribution in [1.82, 2.24) is 4.98 Å². The molecule has 0 spiro atoms. The van der Waals surface area contributed by atoms with E-state index in [1.54, 1.807) is 35.5 Å². The van der Waals surface area contributed by atoms with E-state index in [4.69, 9.17) is 0 Å². The smallest absolute Gasteiger partial charge is 0.260 e. The molecule has 0 saturated carbocycles. The van der Waals surface area contributed by atoms with Gasteiger partial charge in [0.15, 0.2) is 0 Å². The van der Waals surface area contributed by atoms with Crippen LogP contribution in [0.4, 0.5) is 10.1 Å². The lowest BCUT2D eigenvalue weighted by atomic mass is 10.1. The third kappa shape index (κ3) is 1.89. The molecule has 0 fully saturated rings. The Hall–Kier alpha value is -2.23. The van der Waals surface area contributed by atoms with Crippen LogP contribution in [0.5, 0.6) is 0 Å². The molecule has 19 heavy (non-hydrogen) atoms. The number of nitrogens with zero attached hydrogens (tertiary/aromatic N) is 2. The molecule has 0 unspecified atom stereocenters. The molecule has 0 aliphatic carbocycles. The summed E-state index contributed by atoms with van der Waals surface area (Å²) in [5.74, 6) is -0.356. The lowest BCUT2D eigenvalue weighted by Crippen LogP contribution is -2.29. The second-order valence-corrected chi connectivity index (χ2v) is 4.63. The molecule has 1 aliphatic rings. The fourth-order valence-corrected chi connectivity index (χ4v) is 2.44. The van der Waals surface area contributed by atoms with Crippen LogP contribution in [0.25, 0.3) is 0 Å². The molecule has 96 valence electrons. The summed E-state index contributed by atoms with van der Waals surface area (Å²) >= 11 is 0. The Morgan fingerprint density at radius 2 is 2.21 bits per heavy atom. The van der Waals surface area contributed by atoms with Gasteiger partial charge in [0.05, 0.1) is 11.3 Å². The number of fused-ring (bicyclic) bond motifs is 1. The second-order valence-electron chi connectivity index (χ2n) is 4.63. The summed E-state index contributed by atoms with van der Waals surface area (Å²) < 4.78 is 13.7. The standard InChI is InChI=1S/C15H13FN2O/c1-10-5-7-17-9-12(10)15(19)18-8-6-11-13(16)3-2-4-14(11)18/h2-5,7,9H,6,8H2,1H3. The number of aryl methyl sites for hydroxylation is 1.